The minimum absolute atomic E-state index is 0.815. The van der Waals surface area contributed by atoms with Crippen LogP contribution in [0.5, 0.6) is 0 Å². The van der Waals surface area contributed by atoms with Crippen molar-refractivity contribution in [3.63, 3.8) is 0 Å². The number of hydrogen-bond donors (Lipinski definition) is 0. The molecule has 0 fully saturated rings. The van der Waals surface area contributed by atoms with E-state index in [9.17, 15) is 0 Å². The van der Waals surface area contributed by atoms with Gasteiger partial charge in [-0.05, 0) is 31.5 Å². The third-order valence-corrected chi connectivity index (χ3v) is 2.10. The highest BCUT2D eigenvalue weighted by Crippen LogP contribution is 2.03. The topological polar surface area (TPSA) is 30.2 Å². The summed E-state index contributed by atoms with van der Waals surface area (Å²) < 4.78 is 1.78. The minimum Gasteiger partial charge on any atom is -0.221 e. The highest BCUT2D eigenvalue weighted by molar-refractivity contribution is 5.39. The number of aromatic nitrogens is 3. The number of pyridine rings is 1. The SMILES string of the molecule is CC.CCCC.Cc1ccn2nc(C)nc2c1. The number of unbranched alkanes of at least 4 members (excludes halogenated alkanes) is 1. The molecule has 0 aromatic carbocycles. The van der Waals surface area contributed by atoms with Crippen LogP contribution in [0.25, 0.3) is 5.65 Å². The third-order valence-electron chi connectivity index (χ3n) is 2.10. The van der Waals surface area contributed by atoms with Crippen molar-refractivity contribution in [1.29, 1.82) is 0 Å². The number of fused-ring (bicyclic) bond motifs is 1. The molecule has 0 unspecified atom stereocenters. The first-order valence-electron chi connectivity index (χ1n) is 6.47. The molecular formula is C14H25N3. The smallest absolute Gasteiger partial charge is 0.155 e. The first-order chi connectivity index (χ1) is 8.17. The molecule has 3 nitrogen and oxygen atoms in total. The van der Waals surface area contributed by atoms with Crippen LogP contribution < -0.4 is 0 Å². The lowest BCUT2D eigenvalue weighted by molar-refractivity contribution is 0.886. The molecule has 0 spiro atoms. The van der Waals surface area contributed by atoms with Gasteiger partial charge in [-0.15, -0.1) is 0 Å². The maximum absolute atomic E-state index is 4.23. The Labute approximate surface area is 105 Å². The molecule has 2 rings (SSSR count). The first-order valence-corrected chi connectivity index (χ1v) is 6.47. The molecular weight excluding hydrogens is 210 g/mol. The van der Waals surface area contributed by atoms with E-state index in [1.165, 1.54) is 18.4 Å². The van der Waals surface area contributed by atoms with Gasteiger partial charge in [-0.25, -0.2) is 9.50 Å². The molecule has 2 heterocycles. The molecule has 0 saturated carbocycles. The van der Waals surface area contributed by atoms with Gasteiger partial charge in [0.25, 0.3) is 0 Å². The second-order valence-corrected chi connectivity index (χ2v) is 3.67. The molecule has 0 N–H and O–H groups in total. The first kappa shape index (κ1) is 15.6. The van der Waals surface area contributed by atoms with Crippen LogP contribution in [0.4, 0.5) is 0 Å². The van der Waals surface area contributed by atoms with E-state index in [1.807, 2.05) is 46.0 Å². The largest absolute Gasteiger partial charge is 0.221 e. The van der Waals surface area contributed by atoms with E-state index < -0.39 is 0 Å². The summed E-state index contributed by atoms with van der Waals surface area (Å²) in [5, 5.41) is 4.16. The Balaban J connectivity index is 0.000000368. The summed E-state index contributed by atoms with van der Waals surface area (Å²) in [5.41, 5.74) is 2.13. The van der Waals surface area contributed by atoms with Crippen molar-refractivity contribution in [1.82, 2.24) is 14.6 Å². The van der Waals surface area contributed by atoms with Gasteiger partial charge >= 0.3 is 0 Å². The summed E-state index contributed by atoms with van der Waals surface area (Å²) in [6, 6.07) is 4.03. The molecule has 17 heavy (non-hydrogen) atoms. The highest BCUT2D eigenvalue weighted by atomic mass is 15.3. The normalized spacial score (nSPS) is 9.06. The second kappa shape index (κ2) is 8.74. The van der Waals surface area contributed by atoms with E-state index in [0.717, 1.165) is 11.5 Å². The minimum atomic E-state index is 0.815. The molecule has 96 valence electrons. The lowest BCUT2D eigenvalue weighted by Gasteiger charge is -1.90. The molecule has 0 bridgehead atoms. The zero-order valence-electron chi connectivity index (χ0n) is 12.0. The van der Waals surface area contributed by atoms with Crippen LogP contribution in [-0.4, -0.2) is 14.6 Å². The van der Waals surface area contributed by atoms with Crippen LogP contribution in [0.2, 0.25) is 0 Å². The van der Waals surface area contributed by atoms with Crippen molar-refractivity contribution in [3.8, 4) is 0 Å². The Morgan fingerprint density at radius 3 is 2.24 bits per heavy atom. The maximum atomic E-state index is 4.23. The zero-order chi connectivity index (χ0) is 13.3. The molecule has 3 heteroatoms. The van der Waals surface area contributed by atoms with Crippen LogP contribution in [0.15, 0.2) is 18.3 Å². The van der Waals surface area contributed by atoms with Gasteiger partial charge in [-0.2, -0.15) is 5.10 Å². The van der Waals surface area contributed by atoms with Gasteiger partial charge in [0.15, 0.2) is 5.65 Å². The van der Waals surface area contributed by atoms with Gasteiger partial charge in [0.1, 0.15) is 5.82 Å². The molecule has 2 aromatic heterocycles. The van der Waals surface area contributed by atoms with Crippen LogP contribution >= 0.6 is 0 Å². The van der Waals surface area contributed by atoms with Crippen LogP contribution in [-0.2, 0) is 0 Å². The summed E-state index contributed by atoms with van der Waals surface area (Å²) in [6.45, 7) is 12.3. The summed E-state index contributed by atoms with van der Waals surface area (Å²) in [6.07, 6.45) is 4.56. The van der Waals surface area contributed by atoms with Crippen molar-refractivity contribution < 1.29 is 0 Å². The summed E-state index contributed by atoms with van der Waals surface area (Å²) in [4.78, 5) is 4.23. The quantitative estimate of drug-likeness (QED) is 0.742. The third kappa shape index (κ3) is 5.48. The molecule has 0 aliphatic heterocycles. The van der Waals surface area contributed by atoms with Crippen LogP contribution in [0.3, 0.4) is 0 Å². The summed E-state index contributed by atoms with van der Waals surface area (Å²) >= 11 is 0. The highest BCUT2D eigenvalue weighted by Gasteiger charge is 1.96. The average molecular weight is 235 g/mol. The summed E-state index contributed by atoms with van der Waals surface area (Å²) in [5.74, 6) is 0.815. The van der Waals surface area contributed by atoms with E-state index in [4.69, 9.17) is 0 Å². The average Bonchev–Trinajstić information content (AvgIpc) is 2.71. The van der Waals surface area contributed by atoms with E-state index in [-0.39, 0.29) is 0 Å². The fourth-order valence-corrected chi connectivity index (χ4v) is 1.09. The van der Waals surface area contributed by atoms with Crippen molar-refractivity contribution in [2.24, 2.45) is 0 Å². The Kier molecular flexibility index (Phi) is 8.03. The zero-order valence-corrected chi connectivity index (χ0v) is 12.0. The standard InChI is InChI=1S/C8H9N3.C4H10.C2H6/c1-6-3-4-11-8(5-6)9-7(2)10-11;1-3-4-2;1-2/h3-5H,1-2H3;3-4H2,1-2H3;1-2H3. The number of rotatable bonds is 1. The van der Waals surface area contributed by atoms with E-state index in [0.29, 0.717) is 0 Å². The van der Waals surface area contributed by atoms with E-state index in [1.54, 1.807) is 4.52 Å². The Bertz CT molecular complexity index is 416. The van der Waals surface area contributed by atoms with Crippen LogP contribution in [0, 0.1) is 13.8 Å². The predicted molar refractivity (Wildman–Crippen MR) is 74.4 cm³/mol. The van der Waals surface area contributed by atoms with Gasteiger partial charge in [0.05, 0.1) is 0 Å². The fourth-order valence-electron chi connectivity index (χ4n) is 1.09. The fraction of sp³-hybridized carbons (Fsp3) is 0.571. The van der Waals surface area contributed by atoms with Crippen LogP contribution in [0.1, 0.15) is 51.9 Å². The van der Waals surface area contributed by atoms with Gasteiger partial charge in [-0.1, -0.05) is 40.5 Å². The summed E-state index contributed by atoms with van der Waals surface area (Å²) in [7, 11) is 0. The van der Waals surface area contributed by atoms with E-state index >= 15 is 0 Å². The lowest BCUT2D eigenvalue weighted by Crippen LogP contribution is -1.86. The van der Waals surface area contributed by atoms with Crippen molar-refractivity contribution in [2.75, 3.05) is 0 Å². The van der Waals surface area contributed by atoms with Crippen molar-refractivity contribution in [3.05, 3.63) is 29.7 Å². The molecule has 2 aromatic rings. The predicted octanol–water partition coefficient (Wildman–Crippen LogP) is 4.18. The number of hydrogen-bond acceptors (Lipinski definition) is 2. The Hall–Kier alpha value is -1.38. The van der Waals surface area contributed by atoms with Gasteiger partial charge in [0.2, 0.25) is 0 Å². The molecule has 0 radical (unpaired) electrons. The Morgan fingerprint density at radius 1 is 1.12 bits per heavy atom. The molecule has 0 atom stereocenters. The Morgan fingerprint density at radius 2 is 1.71 bits per heavy atom. The maximum Gasteiger partial charge on any atom is 0.155 e. The van der Waals surface area contributed by atoms with Crippen molar-refractivity contribution >= 4 is 5.65 Å². The lowest BCUT2D eigenvalue weighted by atomic mass is 10.3. The molecule has 0 saturated heterocycles. The second-order valence-electron chi connectivity index (χ2n) is 3.67. The van der Waals surface area contributed by atoms with Gasteiger partial charge < -0.3 is 0 Å². The number of aryl methyl sites for hydroxylation is 2. The van der Waals surface area contributed by atoms with E-state index in [2.05, 4.69) is 23.9 Å². The molecule has 0 aliphatic carbocycles. The van der Waals surface area contributed by atoms with Gasteiger partial charge in [0, 0.05) is 6.20 Å². The molecule has 0 amide bonds. The van der Waals surface area contributed by atoms with Crippen molar-refractivity contribution in [2.45, 2.75) is 54.4 Å². The monoisotopic (exact) mass is 235 g/mol. The van der Waals surface area contributed by atoms with Gasteiger partial charge in [-0.3, -0.25) is 0 Å². The molecule has 0 aliphatic rings. The number of nitrogens with zero attached hydrogens (tertiary/aromatic N) is 3.